The smallest absolute Gasteiger partial charge is 0.268 e. The normalized spacial score (nSPS) is 21.8. The fourth-order valence-corrected chi connectivity index (χ4v) is 4.11. The average Bonchev–Trinajstić information content (AvgIpc) is 2.97. The predicted octanol–water partition coefficient (Wildman–Crippen LogP) is 0.688. The van der Waals surface area contributed by atoms with Crippen LogP contribution in [0.2, 0.25) is 0 Å². The highest BCUT2D eigenvalue weighted by molar-refractivity contribution is 7.91. The molecule has 0 spiro atoms. The molecule has 3 heterocycles. The molecule has 6 nitrogen and oxygen atoms in total. The standard InChI is InChI=1S/C12H14N2O4S/c1-14-9-2-4-18-11(9)6-10(14)12(15)13-8-3-5-19(16,17)7-8/h2,4,6,8H,3,5,7H2,1H3,(H,13,15)/t8-/m0/s1. The molecule has 1 amide bonds. The minimum atomic E-state index is -2.99. The Morgan fingerprint density at radius 2 is 2.32 bits per heavy atom. The molecular weight excluding hydrogens is 268 g/mol. The van der Waals surface area contributed by atoms with Gasteiger partial charge in [0.1, 0.15) is 5.69 Å². The highest BCUT2D eigenvalue weighted by atomic mass is 32.2. The number of sulfone groups is 1. The summed E-state index contributed by atoms with van der Waals surface area (Å²) in [6.07, 6.45) is 2.05. The number of furan rings is 1. The van der Waals surface area contributed by atoms with E-state index in [2.05, 4.69) is 5.32 Å². The number of aromatic nitrogens is 1. The van der Waals surface area contributed by atoms with E-state index in [-0.39, 0.29) is 23.5 Å². The molecule has 102 valence electrons. The third kappa shape index (κ3) is 2.14. The third-order valence-corrected chi connectivity index (χ3v) is 5.23. The van der Waals surface area contributed by atoms with E-state index in [1.807, 2.05) is 0 Å². The number of nitrogens with one attached hydrogen (secondary N) is 1. The zero-order valence-electron chi connectivity index (χ0n) is 10.4. The van der Waals surface area contributed by atoms with Crippen molar-refractivity contribution in [2.24, 2.45) is 7.05 Å². The minimum Gasteiger partial charge on any atom is -0.463 e. The maximum atomic E-state index is 12.1. The van der Waals surface area contributed by atoms with Crippen LogP contribution in [0.1, 0.15) is 16.9 Å². The lowest BCUT2D eigenvalue weighted by Crippen LogP contribution is -2.36. The molecule has 0 aliphatic carbocycles. The summed E-state index contributed by atoms with van der Waals surface area (Å²) in [7, 11) is -1.21. The second-order valence-corrected chi connectivity index (χ2v) is 7.06. The van der Waals surface area contributed by atoms with E-state index >= 15 is 0 Å². The van der Waals surface area contributed by atoms with Gasteiger partial charge in [0.05, 0.1) is 23.3 Å². The first-order valence-corrected chi connectivity index (χ1v) is 7.82. The molecule has 0 aromatic carbocycles. The third-order valence-electron chi connectivity index (χ3n) is 3.46. The van der Waals surface area contributed by atoms with Crippen LogP contribution >= 0.6 is 0 Å². The van der Waals surface area contributed by atoms with Crippen LogP contribution in [0.5, 0.6) is 0 Å². The molecule has 19 heavy (non-hydrogen) atoms. The van der Waals surface area contributed by atoms with Gasteiger partial charge in [-0.05, 0) is 6.42 Å². The highest BCUT2D eigenvalue weighted by Crippen LogP contribution is 2.20. The van der Waals surface area contributed by atoms with Crippen LogP contribution in [0.25, 0.3) is 11.1 Å². The topological polar surface area (TPSA) is 81.3 Å². The Morgan fingerprint density at radius 1 is 1.53 bits per heavy atom. The minimum absolute atomic E-state index is 0.0271. The lowest BCUT2D eigenvalue weighted by atomic mass is 10.2. The van der Waals surface area contributed by atoms with Crippen molar-refractivity contribution in [1.29, 1.82) is 0 Å². The van der Waals surface area contributed by atoms with Crippen molar-refractivity contribution in [3.63, 3.8) is 0 Å². The van der Waals surface area contributed by atoms with E-state index in [0.717, 1.165) is 5.52 Å². The van der Waals surface area contributed by atoms with E-state index in [1.54, 1.807) is 30.0 Å². The van der Waals surface area contributed by atoms with Crippen molar-refractivity contribution >= 4 is 26.8 Å². The molecule has 1 fully saturated rings. The molecule has 1 atom stereocenters. The van der Waals surface area contributed by atoms with E-state index < -0.39 is 9.84 Å². The lowest BCUT2D eigenvalue weighted by molar-refractivity contribution is 0.0933. The van der Waals surface area contributed by atoms with E-state index in [4.69, 9.17) is 4.42 Å². The Balaban J connectivity index is 1.81. The van der Waals surface area contributed by atoms with Crippen LogP contribution in [-0.2, 0) is 16.9 Å². The van der Waals surface area contributed by atoms with E-state index in [0.29, 0.717) is 17.7 Å². The Morgan fingerprint density at radius 3 is 2.95 bits per heavy atom. The Hall–Kier alpha value is -1.76. The summed E-state index contributed by atoms with van der Waals surface area (Å²) in [5.41, 5.74) is 1.95. The molecule has 1 N–H and O–H groups in total. The SMILES string of the molecule is Cn1c(C(=O)N[C@H]2CCS(=O)(=O)C2)cc2occc21. The Bertz CT molecular complexity index is 741. The molecule has 0 unspecified atom stereocenters. The van der Waals surface area contributed by atoms with Gasteiger partial charge in [0.15, 0.2) is 15.4 Å². The summed E-state index contributed by atoms with van der Waals surface area (Å²) in [5.74, 6) is -0.0943. The molecular formula is C12H14N2O4S. The molecule has 1 saturated heterocycles. The first-order valence-electron chi connectivity index (χ1n) is 6.00. The number of fused-ring (bicyclic) bond motifs is 1. The summed E-state index contributed by atoms with van der Waals surface area (Å²) in [6, 6.07) is 3.15. The van der Waals surface area contributed by atoms with Gasteiger partial charge in [0.2, 0.25) is 0 Å². The van der Waals surface area contributed by atoms with Gasteiger partial charge >= 0.3 is 0 Å². The summed E-state index contributed by atoms with van der Waals surface area (Å²) < 4.78 is 29.7. The molecule has 0 radical (unpaired) electrons. The molecule has 7 heteroatoms. The van der Waals surface area contributed by atoms with E-state index in [1.165, 1.54) is 0 Å². The summed E-state index contributed by atoms with van der Waals surface area (Å²) in [4.78, 5) is 12.1. The predicted molar refractivity (Wildman–Crippen MR) is 69.7 cm³/mol. The van der Waals surface area contributed by atoms with Gasteiger partial charge in [0, 0.05) is 25.2 Å². The molecule has 1 aliphatic rings. The molecule has 0 bridgehead atoms. The number of amides is 1. The van der Waals surface area contributed by atoms with Crippen molar-refractivity contribution in [2.75, 3.05) is 11.5 Å². The summed E-state index contributed by atoms with van der Waals surface area (Å²) >= 11 is 0. The van der Waals surface area contributed by atoms with Crippen LogP contribution < -0.4 is 5.32 Å². The van der Waals surface area contributed by atoms with Gasteiger partial charge < -0.3 is 14.3 Å². The van der Waals surface area contributed by atoms with Gasteiger partial charge in [-0.25, -0.2) is 8.42 Å². The van der Waals surface area contributed by atoms with Gasteiger partial charge in [0.25, 0.3) is 5.91 Å². The van der Waals surface area contributed by atoms with Crippen molar-refractivity contribution in [3.8, 4) is 0 Å². The fourth-order valence-electron chi connectivity index (χ4n) is 2.44. The molecule has 2 aromatic heterocycles. The summed E-state index contributed by atoms with van der Waals surface area (Å²) in [6.45, 7) is 0. The van der Waals surface area contributed by atoms with Gasteiger partial charge in [-0.15, -0.1) is 0 Å². The van der Waals surface area contributed by atoms with E-state index in [9.17, 15) is 13.2 Å². The van der Waals surface area contributed by atoms with Gasteiger partial charge in [-0.2, -0.15) is 0 Å². The molecule has 2 aromatic rings. The number of rotatable bonds is 2. The van der Waals surface area contributed by atoms with Crippen molar-refractivity contribution in [3.05, 3.63) is 24.1 Å². The Labute approximate surface area is 110 Å². The van der Waals surface area contributed by atoms with Gasteiger partial charge in [-0.1, -0.05) is 0 Å². The van der Waals surface area contributed by atoms with Crippen LogP contribution in [-0.4, -0.2) is 36.4 Å². The monoisotopic (exact) mass is 282 g/mol. The number of aryl methyl sites for hydroxylation is 1. The first kappa shape index (κ1) is 12.3. The molecule has 0 saturated carbocycles. The zero-order valence-corrected chi connectivity index (χ0v) is 11.2. The quantitative estimate of drug-likeness (QED) is 0.878. The highest BCUT2D eigenvalue weighted by Gasteiger charge is 2.29. The second-order valence-electron chi connectivity index (χ2n) is 4.83. The van der Waals surface area contributed by atoms with Crippen LogP contribution in [0, 0.1) is 0 Å². The van der Waals surface area contributed by atoms with Crippen LogP contribution in [0.4, 0.5) is 0 Å². The largest absolute Gasteiger partial charge is 0.463 e. The average molecular weight is 282 g/mol. The maximum Gasteiger partial charge on any atom is 0.268 e. The lowest BCUT2D eigenvalue weighted by Gasteiger charge is -2.11. The van der Waals surface area contributed by atoms with Gasteiger partial charge in [-0.3, -0.25) is 4.79 Å². The fraction of sp³-hybridized carbons (Fsp3) is 0.417. The van der Waals surface area contributed by atoms with Crippen molar-refractivity contribution in [2.45, 2.75) is 12.5 Å². The molecule has 3 rings (SSSR count). The number of hydrogen-bond acceptors (Lipinski definition) is 4. The molecule has 1 aliphatic heterocycles. The number of hydrogen-bond donors (Lipinski definition) is 1. The van der Waals surface area contributed by atoms with Crippen molar-refractivity contribution < 1.29 is 17.6 Å². The number of carbonyl (C=O) groups is 1. The summed E-state index contributed by atoms with van der Waals surface area (Å²) in [5, 5.41) is 2.76. The van der Waals surface area contributed by atoms with Crippen LogP contribution in [0.15, 0.2) is 22.8 Å². The number of nitrogens with zero attached hydrogens (tertiary/aromatic N) is 1. The first-order chi connectivity index (χ1) is 8.96. The zero-order chi connectivity index (χ0) is 13.6. The second kappa shape index (κ2) is 4.12. The number of carbonyl (C=O) groups excluding carboxylic acids is 1. The van der Waals surface area contributed by atoms with Crippen molar-refractivity contribution in [1.82, 2.24) is 9.88 Å². The van der Waals surface area contributed by atoms with Crippen LogP contribution in [0.3, 0.4) is 0 Å². The Kier molecular flexibility index (Phi) is 2.67. The maximum absolute atomic E-state index is 12.1.